The second kappa shape index (κ2) is 9.40. The van der Waals surface area contributed by atoms with Crippen molar-refractivity contribution in [3.8, 4) is 0 Å². The number of amides is 1. The van der Waals surface area contributed by atoms with Gasteiger partial charge in [-0.25, -0.2) is 4.39 Å². The van der Waals surface area contributed by atoms with Crippen LogP contribution in [-0.2, 0) is 17.8 Å². The zero-order valence-corrected chi connectivity index (χ0v) is 19.8. The van der Waals surface area contributed by atoms with E-state index in [1.807, 2.05) is 42.6 Å². The Balaban J connectivity index is 1.46. The lowest BCUT2D eigenvalue weighted by Crippen LogP contribution is -2.23. The molecule has 3 aromatic heterocycles. The minimum absolute atomic E-state index is 0.140. The molecule has 5 aromatic rings. The van der Waals surface area contributed by atoms with E-state index < -0.39 is 0 Å². The summed E-state index contributed by atoms with van der Waals surface area (Å²) in [5, 5.41) is 13.9. The number of aryl methyl sites for hydroxylation is 1. The van der Waals surface area contributed by atoms with Crippen LogP contribution in [0.25, 0.3) is 16.0 Å². The third-order valence-corrected chi connectivity index (χ3v) is 7.26. The van der Waals surface area contributed by atoms with Crippen molar-refractivity contribution in [3.63, 3.8) is 0 Å². The van der Waals surface area contributed by atoms with Gasteiger partial charge < -0.3 is 5.32 Å². The summed E-state index contributed by atoms with van der Waals surface area (Å²) in [5.74, 6) is 0.0286. The van der Waals surface area contributed by atoms with Crippen LogP contribution in [0.5, 0.6) is 0 Å². The number of thiophene rings is 1. The SMILES string of the molecule is CCc1ccccc1NC(=O)CSc1nnc2n(Cc3ccc(F)cc3)c(=O)c3sccc3n12. The van der Waals surface area contributed by atoms with E-state index in [4.69, 9.17) is 0 Å². The lowest BCUT2D eigenvalue weighted by atomic mass is 10.1. The number of hydrogen-bond donors (Lipinski definition) is 1. The second-order valence-corrected chi connectivity index (χ2v) is 9.48. The summed E-state index contributed by atoms with van der Waals surface area (Å²) in [5.41, 5.74) is 3.16. The average Bonchev–Trinajstić information content (AvgIpc) is 3.49. The molecule has 2 aromatic carbocycles. The fraction of sp³-hybridized carbons (Fsp3) is 0.167. The predicted octanol–water partition coefficient (Wildman–Crippen LogP) is 4.59. The van der Waals surface area contributed by atoms with Gasteiger partial charge in [-0.05, 0) is 47.2 Å². The molecule has 0 aliphatic rings. The summed E-state index contributed by atoms with van der Waals surface area (Å²) in [7, 11) is 0. The largest absolute Gasteiger partial charge is 0.325 e. The summed E-state index contributed by atoms with van der Waals surface area (Å²) >= 11 is 2.60. The third kappa shape index (κ3) is 4.22. The van der Waals surface area contributed by atoms with Crippen LogP contribution in [0.3, 0.4) is 0 Å². The number of fused-ring (bicyclic) bond motifs is 3. The molecule has 0 aliphatic carbocycles. The first-order chi connectivity index (χ1) is 16.5. The van der Waals surface area contributed by atoms with Gasteiger partial charge in [0.15, 0.2) is 5.16 Å². The number of rotatable bonds is 7. The van der Waals surface area contributed by atoms with Crippen molar-refractivity contribution in [3.05, 3.63) is 87.3 Å². The maximum Gasteiger partial charge on any atom is 0.273 e. The van der Waals surface area contributed by atoms with Crippen LogP contribution in [0.2, 0.25) is 0 Å². The molecule has 0 spiro atoms. The van der Waals surface area contributed by atoms with Gasteiger partial charge in [-0.2, -0.15) is 0 Å². The van der Waals surface area contributed by atoms with Crippen LogP contribution in [0.1, 0.15) is 18.1 Å². The quantitative estimate of drug-likeness (QED) is 0.336. The van der Waals surface area contributed by atoms with Gasteiger partial charge in [0.25, 0.3) is 5.56 Å². The lowest BCUT2D eigenvalue weighted by Gasteiger charge is -2.10. The fourth-order valence-corrected chi connectivity index (χ4v) is 5.34. The molecule has 0 aliphatic heterocycles. The fourth-order valence-electron chi connectivity index (χ4n) is 3.78. The van der Waals surface area contributed by atoms with Gasteiger partial charge in [-0.3, -0.25) is 18.6 Å². The number of nitrogens with one attached hydrogen (secondary N) is 1. The standard InChI is InChI=1S/C24H20FN5O2S2/c1-2-16-5-3-4-6-18(16)26-20(31)14-34-24-28-27-23-29(13-15-7-9-17(25)10-8-15)22(32)21-19(30(23)24)11-12-33-21/h3-12H,2,13-14H2,1H3,(H,26,31). The first-order valence-electron chi connectivity index (χ1n) is 10.6. The summed E-state index contributed by atoms with van der Waals surface area (Å²) in [6.45, 7) is 2.27. The molecule has 34 heavy (non-hydrogen) atoms. The van der Waals surface area contributed by atoms with Crippen molar-refractivity contribution in [1.29, 1.82) is 0 Å². The molecule has 10 heteroatoms. The summed E-state index contributed by atoms with van der Waals surface area (Å²) in [6.07, 6.45) is 0.820. The van der Waals surface area contributed by atoms with E-state index in [9.17, 15) is 14.0 Å². The Hall–Kier alpha value is -3.50. The Bertz CT molecular complexity index is 1560. The Labute approximate surface area is 202 Å². The highest BCUT2D eigenvalue weighted by Crippen LogP contribution is 2.25. The lowest BCUT2D eigenvalue weighted by molar-refractivity contribution is -0.113. The number of anilines is 1. The van der Waals surface area contributed by atoms with Crippen molar-refractivity contribution in [2.75, 3.05) is 11.1 Å². The van der Waals surface area contributed by atoms with E-state index in [2.05, 4.69) is 15.5 Å². The average molecular weight is 494 g/mol. The molecule has 3 heterocycles. The van der Waals surface area contributed by atoms with Crippen molar-refractivity contribution < 1.29 is 9.18 Å². The van der Waals surface area contributed by atoms with E-state index in [0.29, 0.717) is 21.2 Å². The predicted molar refractivity (Wildman–Crippen MR) is 133 cm³/mol. The Kier molecular flexibility index (Phi) is 6.16. The third-order valence-electron chi connectivity index (χ3n) is 5.44. The highest BCUT2D eigenvalue weighted by molar-refractivity contribution is 7.99. The van der Waals surface area contributed by atoms with Gasteiger partial charge in [0, 0.05) is 5.69 Å². The Morgan fingerprint density at radius 2 is 1.91 bits per heavy atom. The van der Waals surface area contributed by atoms with Gasteiger partial charge in [0.05, 0.1) is 17.8 Å². The molecule has 0 unspecified atom stereocenters. The molecule has 0 bridgehead atoms. The number of halogens is 1. The smallest absolute Gasteiger partial charge is 0.273 e. The van der Waals surface area contributed by atoms with Crippen LogP contribution < -0.4 is 10.9 Å². The second-order valence-electron chi connectivity index (χ2n) is 7.62. The van der Waals surface area contributed by atoms with Crippen molar-refractivity contribution in [2.45, 2.75) is 25.0 Å². The van der Waals surface area contributed by atoms with E-state index in [1.54, 1.807) is 16.5 Å². The number of nitrogens with zero attached hydrogens (tertiary/aromatic N) is 4. The molecule has 7 nitrogen and oxygen atoms in total. The van der Waals surface area contributed by atoms with Gasteiger partial charge in [-0.15, -0.1) is 21.5 Å². The van der Waals surface area contributed by atoms with Crippen molar-refractivity contribution in [2.24, 2.45) is 0 Å². The zero-order chi connectivity index (χ0) is 23.7. The van der Waals surface area contributed by atoms with Crippen LogP contribution in [-0.4, -0.2) is 30.8 Å². The van der Waals surface area contributed by atoms with Crippen LogP contribution in [0.4, 0.5) is 10.1 Å². The number of para-hydroxylation sites is 1. The minimum atomic E-state index is -0.337. The normalized spacial score (nSPS) is 11.4. The maximum atomic E-state index is 13.3. The van der Waals surface area contributed by atoms with Crippen LogP contribution >= 0.6 is 23.1 Å². The summed E-state index contributed by atoms with van der Waals surface area (Å²) in [4.78, 5) is 25.8. The molecule has 0 radical (unpaired) electrons. The van der Waals surface area contributed by atoms with Gasteiger partial charge in [0.1, 0.15) is 10.5 Å². The number of carbonyl (C=O) groups excluding carboxylic acids is 1. The molecule has 1 N–H and O–H groups in total. The zero-order valence-electron chi connectivity index (χ0n) is 18.2. The first-order valence-corrected chi connectivity index (χ1v) is 12.5. The highest BCUT2D eigenvalue weighted by atomic mass is 32.2. The van der Waals surface area contributed by atoms with Gasteiger partial charge >= 0.3 is 0 Å². The van der Waals surface area contributed by atoms with E-state index in [0.717, 1.165) is 23.2 Å². The first kappa shape index (κ1) is 22.3. The van der Waals surface area contributed by atoms with Gasteiger partial charge in [-0.1, -0.05) is 49.0 Å². The molecular weight excluding hydrogens is 473 g/mol. The molecule has 0 atom stereocenters. The number of carbonyl (C=O) groups is 1. The molecule has 1 amide bonds. The van der Waals surface area contributed by atoms with Crippen LogP contribution in [0, 0.1) is 5.82 Å². The topological polar surface area (TPSA) is 81.3 Å². The summed E-state index contributed by atoms with van der Waals surface area (Å²) in [6, 6.07) is 15.6. The molecule has 0 saturated carbocycles. The van der Waals surface area contributed by atoms with Crippen molar-refractivity contribution in [1.82, 2.24) is 19.2 Å². The number of benzene rings is 2. The van der Waals surface area contributed by atoms with Crippen molar-refractivity contribution >= 4 is 50.7 Å². The van der Waals surface area contributed by atoms with Gasteiger partial charge in [0.2, 0.25) is 11.7 Å². The Morgan fingerprint density at radius 1 is 1.12 bits per heavy atom. The Morgan fingerprint density at radius 3 is 2.71 bits per heavy atom. The van der Waals surface area contributed by atoms with Crippen LogP contribution in [0.15, 0.2) is 69.9 Å². The molecule has 0 fully saturated rings. The highest BCUT2D eigenvalue weighted by Gasteiger charge is 2.19. The maximum absolute atomic E-state index is 13.3. The number of aromatic nitrogens is 4. The molecule has 5 rings (SSSR count). The molecule has 172 valence electrons. The van der Waals surface area contributed by atoms with E-state index >= 15 is 0 Å². The molecular formula is C24H20FN5O2S2. The number of hydrogen-bond acceptors (Lipinski definition) is 6. The number of thioether (sulfide) groups is 1. The summed E-state index contributed by atoms with van der Waals surface area (Å²) < 4.78 is 17.2. The van der Waals surface area contributed by atoms with E-state index in [-0.39, 0.29) is 29.6 Å². The van der Waals surface area contributed by atoms with E-state index in [1.165, 1.54) is 39.8 Å². The monoisotopic (exact) mass is 493 g/mol. The molecule has 0 saturated heterocycles. The minimum Gasteiger partial charge on any atom is -0.325 e.